The fourth-order valence-corrected chi connectivity index (χ4v) is 3.76. The van der Waals surface area contributed by atoms with E-state index in [4.69, 9.17) is 9.84 Å². The summed E-state index contributed by atoms with van der Waals surface area (Å²) in [6.45, 7) is 1.72. The minimum atomic E-state index is -1.06. The first-order valence-electron chi connectivity index (χ1n) is 9.38. The molecule has 0 aromatic heterocycles. The van der Waals surface area contributed by atoms with Gasteiger partial charge in [-0.3, -0.25) is 9.69 Å². The summed E-state index contributed by atoms with van der Waals surface area (Å²) in [5, 5.41) is 18.8. The van der Waals surface area contributed by atoms with Gasteiger partial charge in [0, 0.05) is 12.6 Å². The molecular weight excluding hydrogens is 420 g/mol. The Morgan fingerprint density at radius 2 is 1.94 bits per heavy atom. The number of carboxylic acid groups (broad SMARTS) is 2. The van der Waals surface area contributed by atoms with Gasteiger partial charge in [-0.2, -0.15) is 0 Å². The van der Waals surface area contributed by atoms with Crippen LogP contribution in [0.4, 0.5) is 5.69 Å². The molecule has 0 saturated carbocycles. The molecular formula is C22H20N2O6S. The molecule has 31 heavy (non-hydrogen) atoms. The van der Waals surface area contributed by atoms with Gasteiger partial charge in [0.15, 0.2) is 11.3 Å². The third kappa shape index (κ3) is 5.13. The third-order valence-corrected chi connectivity index (χ3v) is 5.50. The third-order valence-electron chi connectivity index (χ3n) is 4.44. The second-order valence-corrected chi connectivity index (χ2v) is 7.62. The maximum absolute atomic E-state index is 12.7. The molecule has 1 unspecified atom stereocenters. The average Bonchev–Trinajstić information content (AvgIpc) is 3.00. The number of ether oxygens (including phenoxy) is 1. The summed E-state index contributed by atoms with van der Waals surface area (Å²) in [6, 6.07) is 13.0. The molecule has 1 saturated heterocycles. The lowest BCUT2D eigenvalue weighted by molar-refractivity contribution is -0.145. The molecule has 2 aromatic rings. The molecule has 0 aliphatic carbocycles. The van der Waals surface area contributed by atoms with Crippen molar-refractivity contribution >= 4 is 46.5 Å². The Morgan fingerprint density at radius 1 is 1.19 bits per heavy atom. The zero-order valence-corrected chi connectivity index (χ0v) is 17.6. The van der Waals surface area contributed by atoms with Crippen LogP contribution in [-0.4, -0.2) is 51.3 Å². The van der Waals surface area contributed by atoms with Gasteiger partial charge in [0.2, 0.25) is 0 Å². The molecule has 1 fully saturated rings. The van der Waals surface area contributed by atoms with E-state index in [2.05, 4.69) is 4.99 Å². The Kier molecular flexibility index (Phi) is 6.76. The molecule has 8 nitrogen and oxygen atoms in total. The zero-order chi connectivity index (χ0) is 22.5. The summed E-state index contributed by atoms with van der Waals surface area (Å²) >= 11 is 1.14. The molecule has 0 bridgehead atoms. The zero-order valence-electron chi connectivity index (χ0n) is 16.8. The topological polar surface area (TPSA) is 117 Å². The number of carbonyl (C=O) groups excluding carboxylic acids is 1. The molecule has 0 radical (unpaired) electrons. The highest BCUT2D eigenvalue weighted by Crippen LogP contribution is 2.35. The predicted molar refractivity (Wildman–Crippen MR) is 118 cm³/mol. The summed E-state index contributed by atoms with van der Waals surface area (Å²) in [5.74, 6) is -2.04. The van der Waals surface area contributed by atoms with Gasteiger partial charge in [0.05, 0.1) is 16.2 Å². The van der Waals surface area contributed by atoms with E-state index < -0.39 is 18.0 Å². The first-order valence-corrected chi connectivity index (χ1v) is 10.2. The van der Waals surface area contributed by atoms with Gasteiger partial charge in [-0.15, -0.1) is 0 Å². The van der Waals surface area contributed by atoms with Crippen LogP contribution in [0.2, 0.25) is 0 Å². The molecule has 9 heteroatoms. The van der Waals surface area contributed by atoms with Crippen LogP contribution in [0.1, 0.15) is 29.3 Å². The van der Waals surface area contributed by atoms with Gasteiger partial charge in [0.1, 0.15) is 5.75 Å². The molecule has 1 heterocycles. The minimum absolute atomic E-state index is 0.101. The van der Waals surface area contributed by atoms with Crippen molar-refractivity contribution in [3.63, 3.8) is 0 Å². The lowest BCUT2D eigenvalue weighted by Gasteiger charge is -2.15. The van der Waals surface area contributed by atoms with E-state index in [1.165, 1.54) is 17.0 Å². The lowest BCUT2D eigenvalue weighted by Crippen LogP contribution is -2.26. The number of benzene rings is 2. The van der Waals surface area contributed by atoms with E-state index in [1.807, 2.05) is 0 Å². The summed E-state index contributed by atoms with van der Waals surface area (Å²) in [5.41, 5.74) is 1.09. The largest absolute Gasteiger partial charge is 0.479 e. The number of amides is 1. The van der Waals surface area contributed by atoms with E-state index in [0.717, 1.165) is 11.8 Å². The minimum Gasteiger partial charge on any atom is -0.479 e. The van der Waals surface area contributed by atoms with Crippen molar-refractivity contribution in [1.29, 1.82) is 0 Å². The molecule has 2 N–H and O–H groups in total. The van der Waals surface area contributed by atoms with Crippen molar-refractivity contribution in [3.05, 3.63) is 64.6 Å². The molecule has 160 valence electrons. The fraction of sp³-hybridized carbons (Fsp3) is 0.182. The van der Waals surface area contributed by atoms with Crippen LogP contribution in [-0.2, 0) is 9.59 Å². The van der Waals surface area contributed by atoms with Gasteiger partial charge >= 0.3 is 11.9 Å². The number of likely N-dealkylation sites (N-methyl/N-ethyl adjacent to an activating group) is 1. The molecule has 1 atom stereocenters. The van der Waals surface area contributed by atoms with Crippen LogP contribution in [0, 0.1) is 0 Å². The van der Waals surface area contributed by atoms with Crippen LogP contribution in [0.3, 0.4) is 0 Å². The van der Waals surface area contributed by atoms with E-state index in [1.54, 1.807) is 56.4 Å². The van der Waals surface area contributed by atoms with Gasteiger partial charge in [-0.1, -0.05) is 31.2 Å². The number of carbonyl (C=O) groups is 3. The quantitative estimate of drug-likeness (QED) is 0.628. The van der Waals surface area contributed by atoms with Crippen LogP contribution in [0.25, 0.3) is 6.08 Å². The Hall–Kier alpha value is -3.59. The predicted octanol–water partition coefficient (Wildman–Crippen LogP) is 3.86. The highest BCUT2D eigenvalue weighted by atomic mass is 32.2. The van der Waals surface area contributed by atoms with Crippen LogP contribution >= 0.6 is 11.8 Å². The number of carboxylic acids is 2. The van der Waals surface area contributed by atoms with E-state index in [9.17, 15) is 19.5 Å². The van der Waals surface area contributed by atoms with E-state index in [-0.39, 0.29) is 11.5 Å². The van der Waals surface area contributed by atoms with Crippen molar-refractivity contribution in [1.82, 2.24) is 4.90 Å². The maximum Gasteiger partial charge on any atom is 0.344 e. The summed E-state index contributed by atoms with van der Waals surface area (Å²) in [6.07, 6.45) is 0.930. The number of aliphatic imine (C=N–C) groups is 1. The number of rotatable bonds is 7. The highest BCUT2D eigenvalue weighted by molar-refractivity contribution is 8.18. The number of thioether (sulfide) groups is 1. The summed E-state index contributed by atoms with van der Waals surface area (Å²) in [4.78, 5) is 41.3. The standard InChI is InChI=1S/C22H20N2O6S/c1-3-16(21(28)29)30-17-10-5-4-7-13(17)12-18-19(25)24(2)22(31-18)23-15-9-6-8-14(11-15)20(26)27/h4-12,16H,3H2,1-2H3,(H,26,27)(H,28,29)/b18-12-,23-22?. The molecule has 2 aromatic carbocycles. The Balaban J connectivity index is 1.90. The molecule has 1 aliphatic rings. The van der Waals surface area contributed by atoms with Gasteiger partial charge < -0.3 is 14.9 Å². The van der Waals surface area contributed by atoms with Crippen molar-refractivity contribution in [2.24, 2.45) is 4.99 Å². The molecule has 3 rings (SSSR count). The van der Waals surface area contributed by atoms with Gasteiger partial charge in [-0.05, 0) is 48.5 Å². The van der Waals surface area contributed by atoms with Crippen molar-refractivity contribution < 1.29 is 29.3 Å². The second kappa shape index (κ2) is 9.48. The van der Waals surface area contributed by atoms with Crippen molar-refractivity contribution in [3.8, 4) is 5.75 Å². The number of hydrogen-bond acceptors (Lipinski definition) is 6. The molecule has 1 aliphatic heterocycles. The Bertz CT molecular complexity index is 1090. The van der Waals surface area contributed by atoms with Crippen LogP contribution in [0.5, 0.6) is 5.75 Å². The van der Waals surface area contributed by atoms with Gasteiger partial charge in [0.25, 0.3) is 5.91 Å². The van der Waals surface area contributed by atoms with Crippen LogP contribution < -0.4 is 4.74 Å². The number of amidine groups is 1. The number of aliphatic carboxylic acids is 1. The second-order valence-electron chi connectivity index (χ2n) is 6.62. The summed E-state index contributed by atoms with van der Waals surface area (Å²) in [7, 11) is 1.58. The van der Waals surface area contributed by atoms with E-state index >= 15 is 0 Å². The van der Waals surface area contributed by atoms with Gasteiger partial charge in [-0.25, -0.2) is 14.6 Å². The molecule has 0 spiro atoms. The number of aromatic carboxylic acids is 1. The summed E-state index contributed by atoms with van der Waals surface area (Å²) < 4.78 is 5.62. The molecule has 1 amide bonds. The fourth-order valence-electron chi connectivity index (χ4n) is 2.78. The van der Waals surface area contributed by atoms with Crippen molar-refractivity contribution in [2.45, 2.75) is 19.4 Å². The van der Waals surface area contributed by atoms with Crippen molar-refractivity contribution in [2.75, 3.05) is 7.05 Å². The highest BCUT2D eigenvalue weighted by Gasteiger charge is 2.31. The van der Waals surface area contributed by atoms with Crippen LogP contribution in [0.15, 0.2) is 58.4 Å². The Labute approximate surface area is 182 Å². The number of nitrogens with zero attached hydrogens (tertiary/aromatic N) is 2. The Morgan fingerprint density at radius 3 is 2.61 bits per heavy atom. The van der Waals surface area contributed by atoms with E-state index in [0.29, 0.717) is 33.5 Å². The maximum atomic E-state index is 12.7. The first kappa shape index (κ1) is 22.1. The number of hydrogen-bond donors (Lipinski definition) is 2. The number of para-hydroxylation sites is 1. The first-order chi connectivity index (χ1) is 14.8. The normalized spacial score (nSPS) is 17.2. The SMILES string of the molecule is CCC(Oc1ccccc1/C=C1\SC(=Nc2cccc(C(=O)O)c2)N(C)C1=O)C(=O)O. The lowest BCUT2D eigenvalue weighted by atomic mass is 10.1. The average molecular weight is 440 g/mol. The smallest absolute Gasteiger partial charge is 0.344 e. The monoisotopic (exact) mass is 440 g/mol.